The molecule has 3 aromatic rings. The third-order valence-electron chi connectivity index (χ3n) is 3.91. The van der Waals surface area contributed by atoms with Crippen molar-refractivity contribution in [3.05, 3.63) is 78.9 Å². The second kappa shape index (κ2) is 10.6. The molecule has 0 saturated carbocycles. The van der Waals surface area contributed by atoms with Gasteiger partial charge in [-0.3, -0.25) is 4.79 Å². The van der Waals surface area contributed by atoms with Crippen LogP contribution < -0.4 is 24.3 Å². The quantitative estimate of drug-likeness (QED) is 0.524. The zero-order valence-corrected chi connectivity index (χ0v) is 16.2. The van der Waals surface area contributed by atoms with E-state index < -0.39 is 0 Å². The predicted molar refractivity (Wildman–Crippen MR) is 111 cm³/mol. The molecule has 6 nitrogen and oxygen atoms in total. The summed E-state index contributed by atoms with van der Waals surface area (Å²) in [6.45, 7) is 0.728. The van der Waals surface area contributed by atoms with Crippen LogP contribution in [0.4, 0.5) is 5.69 Å². The molecular formula is C23H23NO5. The molecule has 0 fully saturated rings. The van der Waals surface area contributed by atoms with Gasteiger partial charge in [0, 0.05) is 11.8 Å². The topological polar surface area (TPSA) is 66.0 Å². The lowest BCUT2D eigenvalue weighted by Gasteiger charge is -2.11. The van der Waals surface area contributed by atoms with Gasteiger partial charge in [-0.05, 0) is 48.5 Å². The predicted octanol–water partition coefficient (Wildman–Crippen LogP) is 4.17. The summed E-state index contributed by atoms with van der Waals surface area (Å²) in [5.74, 6) is 2.51. The minimum atomic E-state index is -0.259. The number of methoxy groups -OCH3 is 1. The van der Waals surface area contributed by atoms with E-state index in [4.69, 9.17) is 18.9 Å². The monoisotopic (exact) mass is 393 g/mol. The van der Waals surface area contributed by atoms with Gasteiger partial charge in [-0.25, -0.2) is 0 Å². The third kappa shape index (κ3) is 6.77. The van der Waals surface area contributed by atoms with Gasteiger partial charge >= 0.3 is 0 Å². The fourth-order valence-electron chi connectivity index (χ4n) is 2.52. The average molecular weight is 393 g/mol. The molecule has 0 aliphatic carbocycles. The molecule has 0 unspecified atom stereocenters. The van der Waals surface area contributed by atoms with Gasteiger partial charge in [0.2, 0.25) is 0 Å². The molecule has 0 aliphatic heterocycles. The van der Waals surface area contributed by atoms with Gasteiger partial charge in [0.25, 0.3) is 5.91 Å². The van der Waals surface area contributed by atoms with Gasteiger partial charge in [-0.1, -0.05) is 24.3 Å². The number of carbonyl (C=O) groups excluding carboxylic acids is 1. The molecule has 0 atom stereocenters. The molecule has 0 aromatic heterocycles. The molecule has 29 heavy (non-hydrogen) atoms. The van der Waals surface area contributed by atoms with Crippen molar-refractivity contribution in [2.75, 3.05) is 32.2 Å². The Labute approximate surface area is 170 Å². The van der Waals surface area contributed by atoms with E-state index in [1.54, 1.807) is 43.5 Å². The minimum Gasteiger partial charge on any atom is -0.497 e. The fourth-order valence-corrected chi connectivity index (χ4v) is 2.52. The molecule has 0 saturated heterocycles. The van der Waals surface area contributed by atoms with Crippen molar-refractivity contribution in [3.8, 4) is 23.0 Å². The summed E-state index contributed by atoms with van der Waals surface area (Å²) in [7, 11) is 1.59. The van der Waals surface area contributed by atoms with Gasteiger partial charge in [0.05, 0.1) is 7.11 Å². The smallest absolute Gasteiger partial charge is 0.262 e. The number of hydrogen-bond donors (Lipinski definition) is 1. The van der Waals surface area contributed by atoms with E-state index in [-0.39, 0.29) is 12.5 Å². The second-order valence-electron chi connectivity index (χ2n) is 6.05. The van der Waals surface area contributed by atoms with Crippen LogP contribution in [-0.4, -0.2) is 32.8 Å². The van der Waals surface area contributed by atoms with E-state index in [0.29, 0.717) is 30.4 Å². The largest absolute Gasteiger partial charge is 0.497 e. The molecule has 0 radical (unpaired) electrons. The summed E-state index contributed by atoms with van der Waals surface area (Å²) >= 11 is 0. The Hall–Kier alpha value is -3.67. The van der Waals surface area contributed by atoms with Crippen molar-refractivity contribution in [2.24, 2.45) is 0 Å². The molecule has 150 valence electrons. The number of ether oxygens (including phenoxy) is 4. The SMILES string of the molecule is COc1ccc(OCC(=O)Nc2cccc(OCCOc3ccccc3)c2)cc1. The summed E-state index contributed by atoms with van der Waals surface area (Å²) in [5.41, 5.74) is 0.634. The molecule has 3 rings (SSSR count). The van der Waals surface area contributed by atoms with E-state index in [1.807, 2.05) is 42.5 Å². The highest BCUT2D eigenvalue weighted by Crippen LogP contribution is 2.19. The van der Waals surface area contributed by atoms with Crippen LogP contribution in [0.2, 0.25) is 0 Å². The molecule has 0 bridgehead atoms. The van der Waals surface area contributed by atoms with E-state index in [2.05, 4.69) is 5.32 Å². The zero-order valence-electron chi connectivity index (χ0n) is 16.2. The first-order chi connectivity index (χ1) is 14.2. The van der Waals surface area contributed by atoms with Crippen molar-refractivity contribution in [1.29, 1.82) is 0 Å². The summed E-state index contributed by atoms with van der Waals surface area (Å²) < 4.78 is 21.8. The molecule has 3 aromatic carbocycles. The van der Waals surface area contributed by atoms with E-state index in [0.717, 1.165) is 11.5 Å². The Kier molecular flexibility index (Phi) is 7.34. The van der Waals surface area contributed by atoms with Crippen LogP contribution in [0.1, 0.15) is 0 Å². The highest BCUT2D eigenvalue weighted by molar-refractivity contribution is 5.92. The Morgan fingerprint density at radius 3 is 2.07 bits per heavy atom. The lowest BCUT2D eigenvalue weighted by Crippen LogP contribution is -2.20. The standard InChI is InChI=1S/C23H23NO5/c1-26-19-10-12-21(13-11-19)29-17-23(25)24-18-6-5-9-22(16-18)28-15-14-27-20-7-3-2-4-8-20/h2-13,16H,14-15,17H2,1H3,(H,24,25). The van der Waals surface area contributed by atoms with Gasteiger partial charge in [-0.2, -0.15) is 0 Å². The zero-order chi connectivity index (χ0) is 20.3. The first-order valence-corrected chi connectivity index (χ1v) is 9.20. The molecule has 0 spiro atoms. The van der Waals surface area contributed by atoms with Crippen LogP contribution in [0.5, 0.6) is 23.0 Å². The summed E-state index contributed by atoms with van der Waals surface area (Å²) in [5, 5.41) is 2.79. The summed E-state index contributed by atoms with van der Waals surface area (Å²) in [6.07, 6.45) is 0. The van der Waals surface area contributed by atoms with Gasteiger partial charge < -0.3 is 24.3 Å². The van der Waals surface area contributed by atoms with E-state index >= 15 is 0 Å². The molecule has 0 heterocycles. The first-order valence-electron chi connectivity index (χ1n) is 9.20. The first kappa shape index (κ1) is 20.1. The van der Waals surface area contributed by atoms with E-state index in [9.17, 15) is 4.79 Å². The van der Waals surface area contributed by atoms with Crippen molar-refractivity contribution in [2.45, 2.75) is 0 Å². The summed E-state index contributed by atoms with van der Waals surface area (Å²) in [6, 6.07) is 23.8. The number of amides is 1. The Balaban J connectivity index is 1.41. The van der Waals surface area contributed by atoms with Crippen molar-refractivity contribution in [3.63, 3.8) is 0 Å². The molecule has 1 N–H and O–H groups in total. The number of nitrogens with one attached hydrogen (secondary N) is 1. The van der Waals surface area contributed by atoms with Crippen LogP contribution in [0.25, 0.3) is 0 Å². The maximum atomic E-state index is 12.1. The maximum absolute atomic E-state index is 12.1. The van der Waals surface area contributed by atoms with Gasteiger partial charge in [0.1, 0.15) is 36.2 Å². The molecule has 1 amide bonds. The lowest BCUT2D eigenvalue weighted by atomic mass is 10.3. The van der Waals surface area contributed by atoms with Crippen LogP contribution in [0, 0.1) is 0 Å². The number of carbonyl (C=O) groups is 1. The van der Waals surface area contributed by atoms with Crippen molar-refractivity contribution < 1.29 is 23.7 Å². The number of hydrogen-bond acceptors (Lipinski definition) is 5. The summed E-state index contributed by atoms with van der Waals surface area (Å²) in [4.78, 5) is 12.1. The van der Waals surface area contributed by atoms with Crippen LogP contribution in [0.15, 0.2) is 78.9 Å². The normalized spacial score (nSPS) is 10.1. The lowest BCUT2D eigenvalue weighted by molar-refractivity contribution is -0.118. The molecular weight excluding hydrogens is 370 g/mol. The molecule has 0 aliphatic rings. The van der Waals surface area contributed by atoms with Gasteiger partial charge in [-0.15, -0.1) is 0 Å². The Morgan fingerprint density at radius 1 is 0.724 bits per heavy atom. The average Bonchev–Trinajstić information content (AvgIpc) is 2.77. The van der Waals surface area contributed by atoms with Crippen molar-refractivity contribution >= 4 is 11.6 Å². The van der Waals surface area contributed by atoms with Crippen molar-refractivity contribution in [1.82, 2.24) is 0 Å². The number of anilines is 1. The highest BCUT2D eigenvalue weighted by atomic mass is 16.5. The molecule has 6 heteroatoms. The fraction of sp³-hybridized carbons (Fsp3) is 0.174. The van der Waals surface area contributed by atoms with Crippen LogP contribution in [0.3, 0.4) is 0 Å². The number of rotatable bonds is 10. The van der Waals surface area contributed by atoms with E-state index in [1.165, 1.54) is 0 Å². The maximum Gasteiger partial charge on any atom is 0.262 e. The second-order valence-corrected chi connectivity index (χ2v) is 6.05. The number of para-hydroxylation sites is 1. The Morgan fingerprint density at radius 2 is 1.34 bits per heavy atom. The van der Waals surface area contributed by atoms with Gasteiger partial charge in [0.15, 0.2) is 6.61 Å². The minimum absolute atomic E-state index is 0.0949. The van der Waals surface area contributed by atoms with Crippen LogP contribution in [-0.2, 0) is 4.79 Å². The third-order valence-corrected chi connectivity index (χ3v) is 3.91. The van der Waals surface area contributed by atoms with Crippen LogP contribution >= 0.6 is 0 Å². The Bertz CT molecular complexity index is 897. The highest BCUT2D eigenvalue weighted by Gasteiger charge is 2.05. The number of benzene rings is 3.